The first-order chi connectivity index (χ1) is 13.1. The minimum absolute atomic E-state index is 0.0759. The molecule has 0 spiro atoms. The Morgan fingerprint density at radius 3 is 2.41 bits per heavy atom. The zero-order chi connectivity index (χ0) is 18.8. The van der Waals surface area contributed by atoms with Crippen LogP contribution in [0.25, 0.3) is 5.69 Å². The summed E-state index contributed by atoms with van der Waals surface area (Å²) in [6, 6.07) is 18.6. The maximum absolute atomic E-state index is 12.3. The van der Waals surface area contributed by atoms with Crippen LogP contribution in [0.15, 0.2) is 75.4 Å². The van der Waals surface area contributed by atoms with Crippen molar-refractivity contribution in [3.8, 4) is 5.69 Å². The number of carbonyl (C=O) groups is 1. The van der Waals surface area contributed by atoms with Gasteiger partial charge in [0.15, 0.2) is 0 Å². The SMILES string of the molecule is Cc1ccc(Sc2ccc(=O)n(-c3ccc(C(=O)NC4CC4)cc3)n2)cc1. The van der Waals surface area contributed by atoms with Gasteiger partial charge in [-0.3, -0.25) is 9.59 Å². The van der Waals surface area contributed by atoms with E-state index in [-0.39, 0.29) is 11.5 Å². The Labute approximate surface area is 161 Å². The average molecular weight is 377 g/mol. The Kier molecular flexibility index (Phi) is 4.81. The Hall–Kier alpha value is -2.86. The van der Waals surface area contributed by atoms with Gasteiger partial charge in [0.2, 0.25) is 0 Å². The van der Waals surface area contributed by atoms with Crippen LogP contribution >= 0.6 is 11.8 Å². The average Bonchev–Trinajstić information content (AvgIpc) is 3.49. The van der Waals surface area contributed by atoms with Crippen LogP contribution in [0.4, 0.5) is 0 Å². The van der Waals surface area contributed by atoms with E-state index in [4.69, 9.17) is 0 Å². The smallest absolute Gasteiger partial charge is 0.271 e. The van der Waals surface area contributed by atoms with Crippen molar-refractivity contribution in [2.24, 2.45) is 0 Å². The highest BCUT2D eigenvalue weighted by Gasteiger charge is 2.23. The molecule has 1 aliphatic carbocycles. The van der Waals surface area contributed by atoms with E-state index in [1.54, 1.807) is 30.3 Å². The molecule has 2 aromatic carbocycles. The van der Waals surface area contributed by atoms with Gasteiger partial charge in [0.25, 0.3) is 11.5 Å². The van der Waals surface area contributed by atoms with Crippen LogP contribution in [0.2, 0.25) is 0 Å². The van der Waals surface area contributed by atoms with Crippen LogP contribution in [-0.2, 0) is 0 Å². The van der Waals surface area contributed by atoms with E-state index in [1.807, 2.05) is 31.2 Å². The topological polar surface area (TPSA) is 64.0 Å². The van der Waals surface area contributed by atoms with Gasteiger partial charge in [-0.1, -0.05) is 29.5 Å². The molecule has 1 saturated carbocycles. The molecule has 3 aromatic rings. The highest BCUT2D eigenvalue weighted by Crippen LogP contribution is 2.25. The lowest BCUT2D eigenvalue weighted by molar-refractivity contribution is 0.0951. The number of aryl methyl sites for hydroxylation is 1. The van der Waals surface area contributed by atoms with Crippen LogP contribution in [0, 0.1) is 6.92 Å². The molecular weight excluding hydrogens is 358 g/mol. The van der Waals surface area contributed by atoms with Gasteiger partial charge < -0.3 is 5.32 Å². The van der Waals surface area contributed by atoms with Crippen LogP contribution in [0.1, 0.15) is 28.8 Å². The van der Waals surface area contributed by atoms with Crippen molar-refractivity contribution in [1.29, 1.82) is 0 Å². The lowest BCUT2D eigenvalue weighted by atomic mass is 10.2. The predicted molar refractivity (Wildman–Crippen MR) is 106 cm³/mol. The quantitative estimate of drug-likeness (QED) is 0.738. The molecule has 1 aromatic heterocycles. The summed E-state index contributed by atoms with van der Waals surface area (Å²) in [5, 5.41) is 8.14. The van der Waals surface area contributed by atoms with Gasteiger partial charge in [-0.25, -0.2) is 0 Å². The van der Waals surface area contributed by atoms with Gasteiger partial charge in [-0.2, -0.15) is 9.78 Å². The van der Waals surface area contributed by atoms with Crippen molar-refractivity contribution in [2.75, 3.05) is 0 Å². The summed E-state index contributed by atoms with van der Waals surface area (Å²) in [5.74, 6) is -0.0759. The van der Waals surface area contributed by atoms with Crippen molar-refractivity contribution >= 4 is 17.7 Å². The van der Waals surface area contributed by atoms with Crippen molar-refractivity contribution in [3.63, 3.8) is 0 Å². The number of amides is 1. The van der Waals surface area contributed by atoms with Crippen LogP contribution in [0.3, 0.4) is 0 Å². The Morgan fingerprint density at radius 1 is 1.04 bits per heavy atom. The third-order valence-corrected chi connectivity index (χ3v) is 5.24. The third kappa shape index (κ3) is 4.28. The number of benzene rings is 2. The molecule has 0 radical (unpaired) electrons. The van der Waals surface area contributed by atoms with E-state index in [2.05, 4.69) is 10.4 Å². The molecule has 5 nitrogen and oxygen atoms in total. The fourth-order valence-electron chi connectivity index (χ4n) is 2.61. The van der Waals surface area contributed by atoms with E-state index in [9.17, 15) is 9.59 Å². The molecule has 6 heteroatoms. The van der Waals surface area contributed by atoms with Crippen LogP contribution < -0.4 is 10.9 Å². The number of hydrogen-bond acceptors (Lipinski definition) is 4. The van der Waals surface area contributed by atoms with Crippen molar-refractivity contribution < 1.29 is 4.79 Å². The minimum atomic E-state index is -0.210. The number of nitrogens with one attached hydrogen (secondary N) is 1. The summed E-state index contributed by atoms with van der Waals surface area (Å²) in [4.78, 5) is 25.4. The largest absolute Gasteiger partial charge is 0.349 e. The standard InChI is InChI=1S/C21H19N3O2S/c1-14-2-10-18(11-3-14)27-19-12-13-20(25)24(23-19)17-8-4-15(5-9-17)21(26)22-16-6-7-16/h2-5,8-13,16H,6-7H2,1H3,(H,22,26). The van der Waals surface area contributed by atoms with E-state index < -0.39 is 0 Å². The number of hydrogen-bond donors (Lipinski definition) is 1. The van der Waals surface area contributed by atoms with E-state index >= 15 is 0 Å². The third-order valence-electron chi connectivity index (χ3n) is 4.31. The van der Waals surface area contributed by atoms with Gasteiger partial charge >= 0.3 is 0 Å². The first-order valence-electron chi connectivity index (χ1n) is 8.85. The van der Waals surface area contributed by atoms with Crippen molar-refractivity contribution in [2.45, 2.75) is 35.7 Å². The highest BCUT2D eigenvalue weighted by molar-refractivity contribution is 7.99. The maximum Gasteiger partial charge on any atom is 0.271 e. The molecule has 4 rings (SSSR count). The number of rotatable bonds is 5. The van der Waals surface area contributed by atoms with Gasteiger partial charge in [0.1, 0.15) is 5.03 Å². The molecule has 1 heterocycles. The van der Waals surface area contributed by atoms with Gasteiger partial charge in [-0.05, 0) is 62.2 Å². The lowest BCUT2D eigenvalue weighted by Gasteiger charge is -2.08. The summed E-state index contributed by atoms with van der Waals surface area (Å²) in [5.41, 5.74) is 2.21. The molecule has 1 N–H and O–H groups in total. The fraction of sp³-hybridized carbons (Fsp3) is 0.190. The molecule has 136 valence electrons. The molecule has 0 unspecified atom stereocenters. The maximum atomic E-state index is 12.3. The molecule has 1 fully saturated rings. The normalized spacial score (nSPS) is 13.4. The second-order valence-electron chi connectivity index (χ2n) is 6.63. The van der Waals surface area contributed by atoms with Crippen molar-refractivity contribution in [3.05, 3.63) is 82.1 Å². The molecule has 0 saturated heterocycles. The molecular formula is C21H19N3O2S. The molecule has 1 aliphatic rings. The summed E-state index contributed by atoms with van der Waals surface area (Å²) < 4.78 is 1.36. The molecule has 27 heavy (non-hydrogen) atoms. The summed E-state index contributed by atoms with van der Waals surface area (Å²) in [6.07, 6.45) is 2.10. The van der Waals surface area contributed by atoms with Gasteiger partial charge in [-0.15, -0.1) is 0 Å². The zero-order valence-electron chi connectivity index (χ0n) is 14.9. The predicted octanol–water partition coefficient (Wildman–Crippen LogP) is 3.58. The molecule has 0 atom stereocenters. The summed E-state index contributed by atoms with van der Waals surface area (Å²) in [7, 11) is 0. The van der Waals surface area contributed by atoms with Crippen LogP contribution in [0.5, 0.6) is 0 Å². The van der Waals surface area contributed by atoms with Crippen molar-refractivity contribution in [1.82, 2.24) is 15.1 Å². The van der Waals surface area contributed by atoms with E-state index in [0.29, 0.717) is 17.3 Å². The Balaban J connectivity index is 1.56. The van der Waals surface area contributed by atoms with Gasteiger partial charge in [0.05, 0.1) is 5.69 Å². The molecule has 1 amide bonds. The zero-order valence-corrected chi connectivity index (χ0v) is 15.7. The van der Waals surface area contributed by atoms with Crippen LogP contribution in [-0.4, -0.2) is 21.7 Å². The Bertz CT molecular complexity index is 1020. The number of nitrogens with zero attached hydrogens (tertiary/aromatic N) is 2. The fourth-order valence-corrected chi connectivity index (χ4v) is 3.38. The molecule has 0 bridgehead atoms. The van der Waals surface area contributed by atoms with Gasteiger partial charge in [0, 0.05) is 22.6 Å². The Morgan fingerprint density at radius 2 is 1.74 bits per heavy atom. The minimum Gasteiger partial charge on any atom is -0.349 e. The van der Waals surface area contributed by atoms with E-state index in [0.717, 1.165) is 22.8 Å². The second-order valence-corrected chi connectivity index (χ2v) is 7.73. The summed E-state index contributed by atoms with van der Waals surface area (Å²) in [6.45, 7) is 2.04. The monoisotopic (exact) mass is 377 g/mol. The highest BCUT2D eigenvalue weighted by atomic mass is 32.2. The number of aromatic nitrogens is 2. The first kappa shape index (κ1) is 17.5. The second kappa shape index (κ2) is 7.40. The molecule has 0 aliphatic heterocycles. The number of carbonyl (C=O) groups excluding carboxylic acids is 1. The first-order valence-corrected chi connectivity index (χ1v) is 9.66. The lowest BCUT2D eigenvalue weighted by Crippen LogP contribution is -2.25. The summed E-state index contributed by atoms with van der Waals surface area (Å²) >= 11 is 1.50. The van der Waals surface area contributed by atoms with E-state index in [1.165, 1.54) is 28.1 Å².